The van der Waals surface area contributed by atoms with Gasteiger partial charge in [0, 0.05) is 25.9 Å². The maximum Gasteiger partial charge on any atom is 0.253 e. The monoisotopic (exact) mass is 199 g/mol. The van der Waals surface area contributed by atoms with E-state index in [0.717, 1.165) is 0 Å². The van der Waals surface area contributed by atoms with E-state index >= 15 is 0 Å². The Bertz CT molecular complexity index is 309. The summed E-state index contributed by atoms with van der Waals surface area (Å²) in [6.07, 6.45) is 3.27. The Balaban J connectivity index is 3.16. The lowest BCUT2D eigenvalue weighted by Gasteiger charge is -2.12. The second kappa shape index (κ2) is 3.49. The van der Waals surface area contributed by atoms with Crippen LogP contribution in [0.3, 0.4) is 0 Å². The summed E-state index contributed by atoms with van der Waals surface area (Å²) >= 11 is 1.37. The van der Waals surface area contributed by atoms with E-state index in [4.69, 9.17) is 0 Å². The molecule has 0 unspecified atom stereocenters. The summed E-state index contributed by atoms with van der Waals surface area (Å²) in [6.45, 7) is 5.97. The molecule has 0 aliphatic rings. The number of thioether (sulfide) groups is 1. The Hall–Kier alpha value is -0.840. The van der Waals surface area contributed by atoms with E-state index < -0.39 is 0 Å². The Labute approximate surface area is 82.0 Å². The maximum atomic E-state index is 11.1. The third-order valence-corrected chi connectivity index (χ3v) is 2.04. The van der Waals surface area contributed by atoms with Crippen LogP contribution in [0.5, 0.6) is 5.88 Å². The minimum absolute atomic E-state index is 0.174. The molecule has 0 fully saturated rings. The topological polar surface area (TPSA) is 52.7 Å². The van der Waals surface area contributed by atoms with E-state index in [0.29, 0.717) is 5.16 Å². The van der Waals surface area contributed by atoms with E-state index in [1.807, 2.05) is 27.0 Å². The molecule has 72 valence electrons. The van der Waals surface area contributed by atoms with Gasteiger partial charge in [-0.2, -0.15) is 0 Å². The molecule has 1 heterocycles. The molecule has 0 N–H and O–H groups in total. The molecular weight excluding hydrogens is 186 g/mol. The van der Waals surface area contributed by atoms with Crippen LogP contribution in [-0.4, -0.2) is 16.3 Å². The molecule has 0 amide bonds. The summed E-state index contributed by atoms with van der Waals surface area (Å²) in [7, 11) is 0. The normalized spacial score (nSPS) is 11.7. The van der Waals surface area contributed by atoms with E-state index in [2.05, 4.69) is 10.1 Å². The van der Waals surface area contributed by atoms with Crippen LogP contribution in [0.2, 0.25) is 0 Å². The number of aromatic nitrogens is 3. The van der Waals surface area contributed by atoms with Crippen LogP contribution in [0, 0.1) is 0 Å². The summed E-state index contributed by atoms with van der Waals surface area (Å²) in [4.78, 5) is 3.74. The van der Waals surface area contributed by atoms with Crippen LogP contribution in [-0.2, 0) is 5.54 Å². The molecule has 0 aromatic carbocycles. The Morgan fingerprint density at radius 2 is 2.08 bits per heavy atom. The van der Waals surface area contributed by atoms with Gasteiger partial charge in [0.05, 0.1) is 5.88 Å². The molecule has 5 heteroatoms. The molecule has 0 aliphatic heterocycles. The maximum absolute atomic E-state index is 11.1. The predicted octanol–water partition coefficient (Wildman–Crippen LogP) is 0.315. The van der Waals surface area contributed by atoms with Crippen molar-refractivity contribution in [1.82, 2.24) is 10.1 Å². The molecule has 0 saturated carbocycles. The van der Waals surface area contributed by atoms with Gasteiger partial charge in [-0.25, -0.2) is 4.98 Å². The largest absolute Gasteiger partial charge is 0.854 e. The van der Waals surface area contributed by atoms with Crippen LogP contribution in [0.25, 0.3) is 0 Å². The van der Waals surface area contributed by atoms with Crippen molar-refractivity contribution in [3.05, 3.63) is 6.20 Å². The first-order chi connectivity index (χ1) is 5.93. The van der Waals surface area contributed by atoms with Crippen molar-refractivity contribution in [2.75, 3.05) is 6.26 Å². The summed E-state index contributed by atoms with van der Waals surface area (Å²) < 4.78 is 1.65. The van der Waals surface area contributed by atoms with Gasteiger partial charge >= 0.3 is 0 Å². The van der Waals surface area contributed by atoms with Crippen molar-refractivity contribution in [3.63, 3.8) is 0 Å². The summed E-state index contributed by atoms with van der Waals surface area (Å²) in [5.74, 6) is -0.241. The van der Waals surface area contributed by atoms with Crippen LogP contribution >= 0.6 is 11.8 Å². The lowest BCUT2D eigenvalue weighted by Crippen LogP contribution is -2.53. The minimum Gasteiger partial charge on any atom is -0.854 e. The van der Waals surface area contributed by atoms with Gasteiger partial charge in [0.1, 0.15) is 0 Å². The fraction of sp³-hybridized carbons (Fsp3) is 0.625. The van der Waals surface area contributed by atoms with E-state index in [-0.39, 0.29) is 11.4 Å². The number of hydrogen-bond donors (Lipinski definition) is 0. The third-order valence-electron chi connectivity index (χ3n) is 1.50. The first-order valence-corrected chi connectivity index (χ1v) is 5.18. The molecule has 0 saturated heterocycles. The van der Waals surface area contributed by atoms with E-state index in [9.17, 15) is 5.11 Å². The van der Waals surface area contributed by atoms with Crippen LogP contribution in [0.1, 0.15) is 20.8 Å². The van der Waals surface area contributed by atoms with Gasteiger partial charge in [-0.05, 0) is 6.26 Å². The highest BCUT2D eigenvalue weighted by Crippen LogP contribution is 2.10. The van der Waals surface area contributed by atoms with E-state index in [1.54, 1.807) is 4.68 Å². The molecule has 0 radical (unpaired) electrons. The molecule has 0 spiro atoms. The predicted molar refractivity (Wildman–Crippen MR) is 48.5 cm³/mol. The number of rotatable bonds is 1. The molecule has 0 aliphatic carbocycles. The summed E-state index contributed by atoms with van der Waals surface area (Å²) in [5.41, 5.74) is -0.174. The highest BCUT2D eigenvalue weighted by Gasteiger charge is 2.24. The Kier molecular flexibility index (Phi) is 2.75. The van der Waals surface area contributed by atoms with Gasteiger partial charge in [0.15, 0.2) is 5.54 Å². The fourth-order valence-corrected chi connectivity index (χ4v) is 1.15. The van der Waals surface area contributed by atoms with E-state index in [1.165, 1.54) is 18.0 Å². The smallest absolute Gasteiger partial charge is 0.253 e. The second-order valence-electron chi connectivity index (χ2n) is 3.68. The molecule has 0 bridgehead atoms. The average Bonchev–Trinajstić information content (AvgIpc) is 2.01. The van der Waals surface area contributed by atoms with Gasteiger partial charge < -0.3 is 5.11 Å². The van der Waals surface area contributed by atoms with Gasteiger partial charge in [-0.1, -0.05) is 16.4 Å². The van der Waals surface area contributed by atoms with Crippen LogP contribution in [0.15, 0.2) is 11.4 Å². The summed E-state index contributed by atoms with van der Waals surface area (Å²) in [6, 6.07) is 0. The van der Waals surface area contributed by atoms with Gasteiger partial charge in [-0.15, -0.1) is 0 Å². The van der Waals surface area contributed by atoms with Crippen molar-refractivity contribution >= 4 is 11.8 Å². The zero-order valence-electron chi connectivity index (χ0n) is 8.24. The third kappa shape index (κ3) is 2.55. The van der Waals surface area contributed by atoms with Gasteiger partial charge in [0.2, 0.25) is 6.20 Å². The molecule has 1 rings (SSSR count). The number of hydrogen-bond acceptors (Lipinski definition) is 4. The standard InChI is InChI=1S/C8H13N3OS/c1-8(2,3)11-5-6(12)9-7(10-11)13-4/h5H,1-4H3. The van der Waals surface area contributed by atoms with Gasteiger partial charge in [-0.3, -0.25) is 0 Å². The molecule has 1 aromatic heterocycles. The van der Waals surface area contributed by atoms with Crippen LogP contribution in [0.4, 0.5) is 0 Å². The van der Waals surface area contributed by atoms with Gasteiger partial charge in [0.25, 0.3) is 5.16 Å². The minimum atomic E-state index is -0.241. The molecular formula is C8H13N3OS. The van der Waals surface area contributed by atoms with Crippen molar-refractivity contribution in [1.29, 1.82) is 0 Å². The van der Waals surface area contributed by atoms with Crippen molar-refractivity contribution in [3.8, 4) is 5.88 Å². The second-order valence-corrected chi connectivity index (χ2v) is 4.45. The lowest BCUT2D eigenvalue weighted by atomic mass is 10.1. The lowest BCUT2D eigenvalue weighted by molar-refractivity contribution is -0.811. The first-order valence-electron chi connectivity index (χ1n) is 3.96. The highest BCUT2D eigenvalue weighted by molar-refractivity contribution is 7.98. The van der Waals surface area contributed by atoms with Crippen molar-refractivity contribution in [2.24, 2.45) is 0 Å². The zero-order valence-corrected chi connectivity index (χ0v) is 9.05. The molecule has 13 heavy (non-hydrogen) atoms. The van der Waals surface area contributed by atoms with Crippen molar-refractivity contribution in [2.45, 2.75) is 31.5 Å². The Morgan fingerprint density at radius 1 is 1.46 bits per heavy atom. The number of nitrogens with zero attached hydrogens (tertiary/aromatic N) is 3. The summed E-state index contributed by atoms with van der Waals surface area (Å²) in [5, 5.41) is 15.8. The first kappa shape index (κ1) is 10.2. The van der Waals surface area contributed by atoms with Crippen molar-refractivity contribution < 1.29 is 9.79 Å². The highest BCUT2D eigenvalue weighted by atomic mass is 32.2. The quantitative estimate of drug-likeness (QED) is 0.482. The molecule has 0 atom stereocenters. The Morgan fingerprint density at radius 3 is 2.54 bits per heavy atom. The van der Waals surface area contributed by atoms with Crippen LogP contribution < -0.4 is 9.79 Å². The zero-order chi connectivity index (χ0) is 10.1. The fourth-order valence-electron chi connectivity index (χ4n) is 0.801. The molecule has 1 aromatic rings. The SMILES string of the molecule is CSc1nc([O-])c[n+](C(C)(C)C)n1. The average molecular weight is 199 g/mol. The molecule has 4 nitrogen and oxygen atoms in total.